The van der Waals surface area contributed by atoms with Crippen LogP contribution in [0.3, 0.4) is 0 Å². The van der Waals surface area contributed by atoms with Gasteiger partial charge in [0.1, 0.15) is 5.76 Å². The van der Waals surface area contributed by atoms with Crippen molar-refractivity contribution in [2.45, 2.75) is 52.1 Å². The minimum Gasteiger partial charge on any atom is -0.468 e. The summed E-state index contributed by atoms with van der Waals surface area (Å²) in [5.74, 6) is 0.861. The summed E-state index contributed by atoms with van der Waals surface area (Å²) in [5.41, 5.74) is -0.212. The van der Waals surface area contributed by atoms with Crippen LogP contribution >= 0.6 is 0 Å². The molecule has 0 spiro atoms. The van der Waals surface area contributed by atoms with Crippen LogP contribution < -0.4 is 10.6 Å². The van der Waals surface area contributed by atoms with Crippen LogP contribution in [0.25, 0.3) is 0 Å². The van der Waals surface area contributed by atoms with Gasteiger partial charge in [-0.1, -0.05) is 27.2 Å². The number of rotatable bonds is 8. The van der Waals surface area contributed by atoms with Crippen LogP contribution in [-0.4, -0.2) is 48.3 Å². The molecular weight excluding hydrogens is 306 g/mol. The van der Waals surface area contributed by atoms with Crippen molar-refractivity contribution in [1.82, 2.24) is 15.5 Å². The largest absolute Gasteiger partial charge is 0.468 e. The lowest BCUT2D eigenvalue weighted by atomic mass is 9.86. The van der Waals surface area contributed by atoms with Gasteiger partial charge in [0, 0.05) is 18.0 Å². The maximum Gasteiger partial charge on any atom is 0.315 e. The molecule has 1 saturated carbocycles. The molecule has 0 aliphatic heterocycles. The summed E-state index contributed by atoms with van der Waals surface area (Å²) in [5, 5.41) is 15.6. The van der Waals surface area contributed by atoms with Crippen LogP contribution in [0.15, 0.2) is 22.8 Å². The van der Waals surface area contributed by atoms with Gasteiger partial charge in [-0.3, -0.25) is 4.90 Å². The molecule has 136 valence electrons. The summed E-state index contributed by atoms with van der Waals surface area (Å²) in [6.07, 6.45) is 4.57. The molecule has 2 amide bonds. The number of hydrogen-bond acceptors (Lipinski definition) is 4. The number of likely N-dealkylation sites (N-methyl/N-ethyl adjacent to an activating group) is 1. The number of amides is 2. The Balaban J connectivity index is 1.93. The molecule has 1 fully saturated rings. The molecule has 6 heteroatoms. The van der Waals surface area contributed by atoms with Crippen LogP contribution in [0.4, 0.5) is 4.79 Å². The lowest BCUT2D eigenvalue weighted by Gasteiger charge is -2.31. The van der Waals surface area contributed by atoms with Crippen molar-refractivity contribution < 1.29 is 14.3 Å². The molecule has 0 saturated heterocycles. The third-order valence-electron chi connectivity index (χ3n) is 5.33. The highest BCUT2D eigenvalue weighted by Gasteiger charge is 2.39. The summed E-state index contributed by atoms with van der Waals surface area (Å²) in [6, 6.07) is 3.69. The van der Waals surface area contributed by atoms with Crippen LogP contribution in [0.1, 0.15) is 51.8 Å². The number of nitrogens with zero attached hydrogens (tertiary/aromatic N) is 1. The smallest absolute Gasteiger partial charge is 0.315 e. The van der Waals surface area contributed by atoms with Gasteiger partial charge >= 0.3 is 6.03 Å². The molecule has 1 aliphatic rings. The van der Waals surface area contributed by atoms with E-state index in [0.29, 0.717) is 6.54 Å². The zero-order chi connectivity index (χ0) is 17.6. The number of aliphatic hydroxyl groups excluding tert-OH is 1. The first-order valence-corrected chi connectivity index (χ1v) is 8.96. The van der Waals surface area contributed by atoms with E-state index in [9.17, 15) is 9.90 Å². The Morgan fingerprint density at radius 1 is 1.50 bits per heavy atom. The van der Waals surface area contributed by atoms with E-state index in [1.165, 1.54) is 0 Å². The minimum atomic E-state index is -0.212. The van der Waals surface area contributed by atoms with E-state index in [-0.39, 0.29) is 30.1 Å². The average Bonchev–Trinajstić information content (AvgIpc) is 3.22. The van der Waals surface area contributed by atoms with Crippen molar-refractivity contribution in [3.63, 3.8) is 0 Å². The van der Waals surface area contributed by atoms with Crippen molar-refractivity contribution in [2.24, 2.45) is 5.41 Å². The average molecular weight is 337 g/mol. The number of aliphatic hydroxyl groups is 1. The topological polar surface area (TPSA) is 77.7 Å². The predicted molar refractivity (Wildman–Crippen MR) is 93.7 cm³/mol. The van der Waals surface area contributed by atoms with E-state index in [1.54, 1.807) is 6.26 Å². The summed E-state index contributed by atoms with van der Waals surface area (Å²) in [7, 11) is 0. The van der Waals surface area contributed by atoms with E-state index in [2.05, 4.69) is 29.4 Å². The summed E-state index contributed by atoms with van der Waals surface area (Å²) in [6.45, 7) is 8.60. The number of urea groups is 1. The molecule has 2 rings (SSSR count). The van der Waals surface area contributed by atoms with Gasteiger partial charge in [-0.25, -0.2) is 4.79 Å². The number of nitrogens with one attached hydrogen (secondary N) is 2. The van der Waals surface area contributed by atoms with E-state index < -0.39 is 0 Å². The second-order valence-electron chi connectivity index (χ2n) is 6.86. The lowest BCUT2D eigenvalue weighted by molar-refractivity contribution is 0.120. The van der Waals surface area contributed by atoms with Crippen LogP contribution in [-0.2, 0) is 0 Å². The van der Waals surface area contributed by atoms with Gasteiger partial charge in [0.25, 0.3) is 0 Å². The zero-order valence-corrected chi connectivity index (χ0v) is 15.0. The Labute approximate surface area is 144 Å². The van der Waals surface area contributed by atoms with E-state index in [0.717, 1.165) is 38.1 Å². The summed E-state index contributed by atoms with van der Waals surface area (Å²) in [4.78, 5) is 14.6. The lowest BCUT2D eigenvalue weighted by Crippen LogP contribution is -2.50. The predicted octanol–water partition coefficient (Wildman–Crippen LogP) is 2.51. The summed E-state index contributed by atoms with van der Waals surface area (Å²) >= 11 is 0. The summed E-state index contributed by atoms with van der Waals surface area (Å²) < 4.78 is 5.55. The van der Waals surface area contributed by atoms with Gasteiger partial charge in [0.05, 0.1) is 18.9 Å². The van der Waals surface area contributed by atoms with Gasteiger partial charge in [0.15, 0.2) is 0 Å². The highest BCUT2D eigenvalue weighted by Crippen LogP contribution is 2.37. The van der Waals surface area contributed by atoms with Crippen molar-refractivity contribution in [3.05, 3.63) is 24.2 Å². The molecule has 3 unspecified atom stereocenters. The Bertz CT molecular complexity index is 502. The molecule has 3 N–H and O–H groups in total. The molecule has 24 heavy (non-hydrogen) atoms. The molecule has 0 radical (unpaired) electrons. The van der Waals surface area contributed by atoms with Crippen LogP contribution in [0.5, 0.6) is 0 Å². The SMILES string of the molecule is CCN(CC)C(CNC(=O)NC1CCCC1(C)CO)c1ccco1. The van der Waals surface area contributed by atoms with E-state index >= 15 is 0 Å². The molecule has 0 bridgehead atoms. The first kappa shape index (κ1) is 18.8. The van der Waals surface area contributed by atoms with Gasteiger partial charge in [-0.2, -0.15) is 0 Å². The molecule has 1 heterocycles. The second-order valence-corrected chi connectivity index (χ2v) is 6.86. The molecule has 1 aromatic rings. The fourth-order valence-corrected chi connectivity index (χ4v) is 3.62. The van der Waals surface area contributed by atoms with Crippen molar-refractivity contribution in [3.8, 4) is 0 Å². The molecule has 1 aromatic heterocycles. The first-order valence-electron chi connectivity index (χ1n) is 8.96. The Hall–Kier alpha value is -1.53. The Kier molecular flexibility index (Phi) is 6.69. The van der Waals surface area contributed by atoms with Gasteiger partial charge in [-0.05, 0) is 38.1 Å². The second kappa shape index (κ2) is 8.53. The third kappa shape index (κ3) is 4.30. The van der Waals surface area contributed by atoms with Gasteiger partial charge < -0.3 is 20.2 Å². The number of hydrogen-bond donors (Lipinski definition) is 3. The fraction of sp³-hybridized carbons (Fsp3) is 0.722. The zero-order valence-electron chi connectivity index (χ0n) is 15.0. The number of carbonyl (C=O) groups is 1. The van der Waals surface area contributed by atoms with Crippen LogP contribution in [0, 0.1) is 5.41 Å². The molecular formula is C18H31N3O3. The Morgan fingerprint density at radius 3 is 2.83 bits per heavy atom. The van der Waals surface area contributed by atoms with Crippen LogP contribution in [0.2, 0.25) is 0 Å². The number of carbonyl (C=O) groups excluding carboxylic acids is 1. The van der Waals surface area contributed by atoms with Crippen molar-refractivity contribution in [1.29, 1.82) is 0 Å². The standard InChI is InChI=1S/C18H31N3O3/c1-4-21(5-2)14(15-8-7-11-24-15)12-19-17(23)20-16-9-6-10-18(16,3)13-22/h7-8,11,14,16,22H,4-6,9-10,12-13H2,1-3H3,(H2,19,20,23). The first-order chi connectivity index (χ1) is 11.5. The minimum absolute atomic E-state index is 0.0218. The Morgan fingerprint density at radius 2 is 2.25 bits per heavy atom. The monoisotopic (exact) mass is 337 g/mol. The maximum absolute atomic E-state index is 12.3. The fourth-order valence-electron chi connectivity index (χ4n) is 3.62. The third-order valence-corrected chi connectivity index (χ3v) is 5.33. The van der Waals surface area contributed by atoms with Crippen molar-refractivity contribution >= 4 is 6.03 Å². The van der Waals surface area contributed by atoms with Gasteiger partial charge in [0.2, 0.25) is 0 Å². The van der Waals surface area contributed by atoms with Gasteiger partial charge in [-0.15, -0.1) is 0 Å². The number of furan rings is 1. The van der Waals surface area contributed by atoms with E-state index in [4.69, 9.17) is 4.42 Å². The molecule has 0 aromatic carbocycles. The highest BCUT2D eigenvalue weighted by molar-refractivity contribution is 5.74. The molecule has 1 aliphatic carbocycles. The highest BCUT2D eigenvalue weighted by atomic mass is 16.3. The van der Waals surface area contributed by atoms with E-state index in [1.807, 2.05) is 19.1 Å². The quantitative estimate of drug-likeness (QED) is 0.681. The molecule has 3 atom stereocenters. The maximum atomic E-state index is 12.3. The normalized spacial score (nSPS) is 25.0. The molecule has 6 nitrogen and oxygen atoms in total. The van der Waals surface area contributed by atoms with Crippen molar-refractivity contribution in [2.75, 3.05) is 26.2 Å².